The summed E-state index contributed by atoms with van der Waals surface area (Å²) in [6.07, 6.45) is 1.27. The van der Waals surface area contributed by atoms with E-state index in [0.717, 1.165) is 12.0 Å². The molecule has 7 nitrogen and oxygen atoms in total. The molecule has 0 aliphatic rings. The minimum atomic E-state index is -4.79. The third-order valence-electron chi connectivity index (χ3n) is 2.77. The average Bonchev–Trinajstić information content (AvgIpc) is 2.32. The van der Waals surface area contributed by atoms with Crippen molar-refractivity contribution < 1.29 is 32.3 Å². The number of phosphoric acid groups is 2. The Morgan fingerprint density at radius 2 is 1.59 bits per heavy atom. The molecular formula is C13H22O7P2. The first kappa shape index (κ1) is 19.4. The van der Waals surface area contributed by atoms with Gasteiger partial charge in [-0.1, -0.05) is 31.0 Å². The lowest BCUT2D eigenvalue weighted by atomic mass is 10.1. The van der Waals surface area contributed by atoms with Gasteiger partial charge in [0.1, 0.15) is 5.75 Å². The Morgan fingerprint density at radius 1 is 1.05 bits per heavy atom. The highest BCUT2D eigenvalue weighted by Gasteiger charge is 2.37. The molecule has 0 aliphatic heterocycles. The summed E-state index contributed by atoms with van der Waals surface area (Å²) in [5, 5.41) is 0. The minimum Gasteiger partial charge on any atom is -0.403 e. The first-order valence-electron chi connectivity index (χ1n) is 6.85. The van der Waals surface area contributed by atoms with E-state index in [2.05, 4.69) is 8.83 Å². The van der Waals surface area contributed by atoms with Crippen LogP contribution in [0.2, 0.25) is 0 Å². The largest absolute Gasteiger partial charge is 0.536 e. The molecule has 0 spiro atoms. The van der Waals surface area contributed by atoms with Crippen LogP contribution >= 0.6 is 15.6 Å². The standard InChI is InChI=1S/C13H22O7P2/c1-5-6-7-18-21(14,15)20-22(16,17)19-13-11(3)8-10(2)9-12(13)4/h8-9H,5-7H2,1-4H3,(H,14,15)(H,16,17). The van der Waals surface area contributed by atoms with Gasteiger partial charge < -0.3 is 9.42 Å². The molecule has 1 rings (SSSR count). The quantitative estimate of drug-likeness (QED) is 0.538. The molecule has 1 aromatic rings. The molecule has 0 aliphatic carbocycles. The van der Waals surface area contributed by atoms with Crippen LogP contribution in [-0.4, -0.2) is 16.4 Å². The van der Waals surface area contributed by atoms with Gasteiger partial charge in [0.25, 0.3) is 0 Å². The van der Waals surface area contributed by atoms with Gasteiger partial charge in [0, 0.05) is 0 Å². The number of unbranched alkanes of at least 4 members (excludes halogenated alkanes) is 1. The Hall–Kier alpha value is -0.680. The van der Waals surface area contributed by atoms with Gasteiger partial charge in [0.15, 0.2) is 0 Å². The zero-order valence-electron chi connectivity index (χ0n) is 13.1. The minimum absolute atomic E-state index is 0.0487. The zero-order valence-corrected chi connectivity index (χ0v) is 14.9. The van der Waals surface area contributed by atoms with Gasteiger partial charge in [-0.3, -0.25) is 9.42 Å². The van der Waals surface area contributed by atoms with E-state index in [4.69, 9.17) is 4.52 Å². The molecule has 0 radical (unpaired) electrons. The van der Waals surface area contributed by atoms with E-state index in [1.807, 2.05) is 13.8 Å². The average molecular weight is 352 g/mol. The van der Waals surface area contributed by atoms with Crippen molar-refractivity contribution in [3.8, 4) is 5.75 Å². The van der Waals surface area contributed by atoms with Crippen molar-refractivity contribution in [2.45, 2.75) is 40.5 Å². The molecule has 2 N–H and O–H groups in total. The molecule has 0 saturated carbocycles. The predicted octanol–water partition coefficient (Wildman–Crippen LogP) is 4.02. The summed E-state index contributed by atoms with van der Waals surface area (Å²) < 4.78 is 37.4. The predicted molar refractivity (Wildman–Crippen MR) is 82.9 cm³/mol. The maximum absolute atomic E-state index is 11.9. The van der Waals surface area contributed by atoms with Crippen LogP contribution in [0, 0.1) is 20.8 Å². The van der Waals surface area contributed by atoms with Crippen LogP contribution in [0.4, 0.5) is 0 Å². The van der Waals surface area contributed by atoms with Gasteiger partial charge >= 0.3 is 15.6 Å². The van der Waals surface area contributed by atoms with E-state index in [9.17, 15) is 18.9 Å². The van der Waals surface area contributed by atoms with Crippen LogP contribution in [0.15, 0.2) is 12.1 Å². The lowest BCUT2D eigenvalue weighted by Gasteiger charge is -2.19. The van der Waals surface area contributed by atoms with E-state index >= 15 is 0 Å². The molecule has 0 bridgehead atoms. The molecular weight excluding hydrogens is 330 g/mol. The van der Waals surface area contributed by atoms with Gasteiger partial charge in [-0.15, -0.1) is 0 Å². The van der Waals surface area contributed by atoms with Crippen LogP contribution in [0.3, 0.4) is 0 Å². The van der Waals surface area contributed by atoms with Crippen LogP contribution < -0.4 is 4.52 Å². The van der Waals surface area contributed by atoms with Gasteiger partial charge in [-0.05, 0) is 38.3 Å². The molecule has 0 heterocycles. The number of hydrogen-bond donors (Lipinski definition) is 2. The highest BCUT2D eigenvalue weighted by atomic mass is 31.3. The number of rotatable bonds is 8. The van der Waals surface area contributed by atoms with Gasteiger partial charge in [0.05, 0.1) is 6.61 Å². The Morgan fingerprint density at radius 3 is 2.09 bits per heavy atom. The molecule has 0 saturated heterocycles. The van der Waals surface area contributed by atoms with Crippen molar-refractivity contribution in [3.63, 3.8) is 0 Å². The van der Waals surface area contributed by atoms with Crippen molar-refractivity contribution >= 4 is 15.6 Å². The SMILES string of the molecule is CCCCOP(=O)(O)OP(=O)(O)Oc1c(C)cc(C)cc1C. The van der Waals surface area contributed by atoms with E-state index in [0.29, 0.717) is 17.5 Å². The summed E-state index contributed by atoms with van der Waals surface area (Å²) in [5.41, 5.74) is 2.21. The Kier molecular flexibility index (Phi) is 6.81. The van der Waals surface area contributed by atoms with Crippen LogP contribution in [0.1, 0.15) is 36.5 Å². The van der Waals surface area contributed by atoms with Gasteiger partial charge in [0.2, 0.25) is 0 Å². The van der Waals surface area contributed by atoms with Crippen LogP contribution in [0.5, 0.6) is 5.75 Å². The molecule has 1 aromatic carbocycles. The molecule has 9 heteroatoms. The molecule has 22 heavy (non-hydrogen) atoms. The van der Waals surface area contributed by atoms with Crippen molar-refractivity contribution in [2.24, 2.45) is 0 Å². The number of aryl methyl sites for hydroxylation is 3. The molecule has 0 fully saturated rings. The highest BCUT2D eigenvalue weighted by Crippen LogP contribution is 2.60. The number of phosphoric ester groups is 2. The lowest BCUT2D eigenvalue weighted by Crippen LogP contribution is -2.02. The maximum Gasteiger partial charge on any atom is 0.536 e. The Labute approximate surface area is 130 Å². The molecule has 126 valence electrons. The summed E-state index contributed by atoms with van der Waals surface area (Å²) in [4.78, 5) is 19.1. The fourth-order valence-electron chi connectivity index (χ4n) is 1.92. The third kappa shape index (κ3) is 6.21. The second-order valence-corrected chi connectivity index (χ2v) is 7.99. The summed E-state index contributed by atoms with van der Waals surface area (Å²) in [7, 11) is -9.45. The highest BCUT2D eigenvalue weighted by molar-refractivity contribution is 7.61. The second-order valence-electron chi connectivity index (χ2n) is 5.02. The summed E-state index contributed by atoms with van der Waals surface area (Å²) in [5.74, 6) is 0.144. The Bertz CT molecular complexity index is 591. The summed E-state index contributed by atoms with van der Waals surface area (Å²) in [6, 6.07) is 3.53. The molecule has 0 amide bonds. The first-order chi connectivity index (χ1) is 10.1. The van der Waals surface area contributed by atoms with E-state index in [-0.39, 0.29) is 12.4 Å². The van der Waals surface area contributed by atoms with Gasteiger partial charge in [-0.25, -0.2) is 9.13 Å². The zero-order chi connectivity index (χ0) is 17.0. The smallest absolute Gasteiger partial charge is 0.403 e. The first-order valence-corrected chi connectivity index (χ1v) is 9.84. The fourth-order valence-corrected chi connectivity index (χ4v) is 4.16. The van der Waals surface area contributed by atoms with Crippen molar-refractivity contribution in [1.82, 2.24) is 0 Å². The molecule has 2 atom stereocenters. The summed E-state index contributed by atoms with van der Waals surface area (Å²) in [6.45, 7) is 7.10. The Balaban J connectivity index is 2.84. The normalized spacial score (nSPS) is 16.8. The van der Waals surface area contributed by atoms with E-state index in [1.54, 1.807) is 26.0 Å². The molecule has 2 unspecified atom stereocenters. The van der Waals surface area contributed by atoms with Crippen molar-refractivity contribution in [1.29, 1.82) is 0 Å². The fraction of sp³-hybridized carbons (Fsp3) is 0.538. The van der Waals surface area contributed by atoms with E-state index in [1.165, 1.54) is 0 Å². The molecule has 0 aromatic heterocycles. The lowest BCUT2D eigenvalue weighted by molar-refractivity contribution is 0.178. The number of hydrogen-bond acceptors (Lipinski definition) is 5. The maximum atomic E-state index is 11.9. The van der Waals surface area contributed by atoms with Crippen LogP contribution in [0.25, 0.3) is 0 Å². The van der Waals surface area contributed by atoms with Crippen molar-refractivity contribution in [3.05, 3.63) is 28.8 Å². The van der Waals surface area contributed by atoms with E-state index < -0.39 is 15.6 Å². The summed E-state index contributed by atoms with van der Waals surface area (Å²) >= 11 is 0. The number of benzene rings is 1. The van der Waals surface area contributed by atoms with Crippen molar-refractivity contribution in [2.75, 3.05) is 6.61 Å². The topological polar surface area (TPSA) is 102 Å². The van der Waals surface area contributed by atoms with Crippen LogP contribution in [-0.2, 0) is 18.0 Å². The second kappa shape index (κ2) is 7.73. The van der Waals surface area contributed by atoms with Gasteiger partial charge in [-0.2, -0.15) is 4.31 Å². The third-order valence-corrected chi connectivity index (χ3v) is 5.34. The monoisotopic (exact) mass is 352 g/mol.